The Balaban J connectivity index is 1.59. The van der Waals surface area contributed by atoms with Crippen molar-refractivity contribution in [2.75, 3.05) is 13.1 Å². The number of unbranched alkanes of at least 4 members (excludes halogenated alkanes) is 2. The fourth-order valence-corrected chi connectivity index (χ4v) is 5.43. The van der Waals surface area contributed by atoms with Crippen molar-refractivity contribution in [2.24, 2.45) is 11.1 Å². The molecule has 37 heavy (non-hydrogen) atoms. The molecule has 1 aromatic heterocycles. The molecule has 1 saturated heterocycles. The zero-order chi connectivity index (χ0) is 27.0. The third kappa shape index (κ3) is 7.85. The Morgan fingerprint density at radius 3 is 2.51 bits per heavy atom. The minimum Gasteiger partial charge on any atom is -0.350 e. The molecule has 9 heteroatoms. The average Bonchev–Trinajstić information content (AvgIpc) is 3.52. The summed E-state index contributed by atoms with van der Waals surface area (Å²) in [5.41, 5.74) is 9.99. The highest BCUT2D eigenvalue weighted by Crippen LogP contribution is 2.28. The summed E-state index contributed by atoms with van der Waals surface area (Å²) < 4.78 is 0. The number of nitrogens with two attached hydrogens (primary N) is 1. The second-order valence-corrected chi connectivity index (χ2v) is 11.7. The van der Waals surface area contributed by atoms with Crippen LogP contribution in [0.5, 0.6) is 0 Å². The van der Waals surface area contributed by atoms with Gasteiger partial charge in [0.2, 0.25) is 17.7 Å². The molecule has 1 aromatic carbocycles. The van der Waals surface area contributed by atoms with Crippen LogP contribution >= 0.6 is 11.3 Å². The molecule has 0 spiro atoms. The van der Waals surface area contributed by atoms with Crippen molar-refractivity contribution in [2.45, 2.75) is 84.8 Å². The monoisotopic (exact) mass is 527 g/mol. The molecular formula is C28H41N5O3S. The molecular weight excluding hydrogens is 486 g/mol. The highest BCUT2D eigenvalue weighted by Gasteiger charge is 2.41. The first-order valence-electron chi connectivity index (χ1n) is 13.2. The Labute approximate surface area is 224 Å². The number of carbonyl (C=O) groups excluding carboxylic acids is 3. The first-order chi connectivity index (χ1) is 17.6. The van der Waals surface area contributed by atoms with Gasteiger partial charge in [0.1, 0.15) is 12.1 Å². The molecule has 1 fully saturated rings. The molecule has 1 aliphatic heterocycles. The SMILES string of the molecule is Cc1ncsc1-c1ccc(CNC(=O)[C@@H]2CCCN2C(=O)C(NC(=O)CCCCCN)C(C)(C)C)cc1. The van der Waals surface area contributed by atoms with Gasteiger partial charge in [0.15, 0.2) is 0 Å². The van der Waals surface area contributed by atoms with Gasteiger partial charge in [-0.15, -0.1) is 11.3 Å². The van der Waals surface area contributed by atoms with Crippen LogP contribution in [0.25, 0.3) is 10.4 Å². The average molecular weight is 528 g/mol. The Morgan fingerprint density at radius 2 is 1.89 bits per heavy atom. The minimum atomic E-state index is -0.689. The van der Waals surface area contributed by atoms with E-state index in [4.69, 9.17) is 5.73 Å². The smallest absolute Gasteiger partial charge is 0.246 e. The van der Waals surface area contributed by atoms with Crippen molar-refractivity contribution in [1.82, 2.24) is 20.5 Å². The molecule has 3 rings (SSSR count). The number of carbonyl (C=O) groups is 3. The topological polar surface area (TPSA) is 117 Å². The van der Waals surface area contributed by atoms with Gasteiger partial charge >= 0.3 is 0 Å². The summed E-state index contributed by atoms with van der Waals surface area (Å²) in [5, 5.41) is 5.96. The summed E-state index contributed by atoms with van der Waals surface area (Å²) in [6, 6.07) is 6.87. The summed E-state index contributed by atoms with van der Waals surface area (Å²) in [6.45, 7) is 9.32. The van der Waals surface area contributed by atoms with E-state index in [1.807, 2.05) is 57.5 Å². The zero-order valence-corrected chi connectivity index (χ0v) is 23.3. The number of benzene rings is 1. The van der Waals surface area contributed by atoms with Crippen molar-refractivity contribution in [3.05, 3.63) is 41.0 Å². The van der Waals surface area contributed by atoms with E-state index in [9.17, 15) is 14.4 Å². The normalized spacial score (nSPS) is 16.5. The fraction of sp³-hybridized carbons (Fsp3) is 0.571. The van der Waals surface area contributed by atoms with E-state index in [1.165, 1.54) is 0 Å². The maximum atomic E-state index is 13.6. The number of nitrogens with one attached hydrogen (secondary N) is 2. The van der Waals surface area contributed by atoms with Crippen LogP contribution in [0.4, 0.5) is 0 Å². The number of aromatic nitrogens is 1. The van der Waals surface area contributed by atoms with Crippen LogP contribution in [0.2, 0.25) is 0 Å². The van der Waals surface area contributed by atoms with Crippen LogP contribution in [0.1, 0.15) is 70.6 Å². The molecule has 2 aromatic rings. The lowest BCUT2D eigenvalue weighted by Gasteiger charge is -2.35. The van der Waals surface area contributed by atoms with Gasteiger partial charge in [0, 0.05) is 19.5 Å². The molecule has 0 radical (unpaired) electrons. The molecule has 202 valence electrons. The maximum absolute atomic E-state index is 13.6. The highest BCUT2D eigenvalue weighted by atomic mass is 32.1. The maximum Gasteiger partial charge on any atom is 0.246 e. The lowest BCUT2D eigenvalue weighted by Crippen LogP contribution is -2.57. The van der Waals surface area contributed by atoms with Crippen LogP contribution in [0, 0.1) is 12.3 Å². The Kier molecular flexibility index (Phi) is 10.2. The highest BCUT2D eigenvalue weighted by molar-refractivity contribution is 7.13. The number of hydrogen-bond donors (Lipinski definition) is 3. The summed E-state index contributed by atoms with van der Waals surface area (Å²) in [7, 11) is 0. The van der Waals surface area contributed by atoms with Gasteiger partial charge in [-0.1, -0.05) is 51.5 Å². The number of rotatable bonds is 11. The zero-order valence-electron chi connectivity index (χ0n) is 22.5. The molecule has 0 aliphatic carbocycles. The van der Waals surface area contributed by atoms with Gasteiger partial charge < -0.3 is 21.3 Å². The van der Waals surface area contributed by atoms with Crippen LogP contribution in [0.15, 0.2) is 29.8 Å². The summed E-state index contributed by atoms with van der Waals surface area (Å²) in [5.74, 6) is -0.485. The van der Waals surface area contributed by atoms with E-state index in [1.54, 1.807) is 16.2 Å². The molecule has 0 saturated carbocycles. The first-order valence-corrected chi connectivity index (χ1v) is 14.1. The third-order valence-corrected chi connectivity index (χ3v) is 7.77. The van der Waals surface area contributed by atoms with Gasteiger partial charge in [-0.25, -0.2) is 4.98 Å². The second kappa shape index (κ2) is 13.1. The summed E-state index contributed by atoms with van der Waals surface area (Å²) in [4.78, 5) is 46.4. The largest absolute Gasteiger partial charge is 0.350 e. The van der Waals surface area contributed by atoms with E-state index < -0.39 is 17.5 Å². The number of thiazole rings is 1. The van der Waals surface area contributed by atoms with Crippen molar-refractivity contribution >= 4 is 29.1 Å². The standard InChI is InChI=1S/C28H41N5O3S/c1-19-24(37-18-31-19)21-13-11-20(12-14-21)17-30-26(35)22-9-8-16-33(22)27(36)25(28(2,3)4)32-23(34)10-6-5-7-15-29/h11-14,18,22,25H,5-10,15-17,29H2,1-4H3,(H,30,35)(H,32,34)/t22-,25?/m0/s1. The number of likely N-dealkylation sites (tertiary alicyclic amines) is 1. The van der Waals surface area contributed by atoms with Crippen molar-refractivity contribution in [3.8, 4) is 10.4 Å². The Bertz CT molecular complexity index is 1060. The molecule has 0 bridgehead atoms. The van der Waals surface area contributed by atoms with Gasteiger partial charge in [-0.05, 0) is 55.7 Å². The van der Waals surface area contributed by atoms with E-state index in [2.05, 4.69) is 15.6 Å². The Hall–Kier alpha value is -2.78. The van der Waals surface area contributed by atoms with Gasteiger partial charge in [0.25, 0.3) is 0 Å². The van der Waals surface area contributed by atoms with Gasteiger partial charge in [0.05, 0.1) is 16.1 Å². The number of hydrogen-bond acceptors (Lipinski definition) is 6. The Morgan fingerprint density at radius 1 is 1.16 bits per heavy atom. The quantitative estimate of drug-likeness (QED) is 0.385. The number of amides is 3. The van der Waals surface area contributed by atoms with Crippen LogP contribution < -0.4 is 16.4 Å². The van der Waals surface area contributed by atoms with Gasteiger partial charge in [-0.3, -0.25) is 14.4 Å². The van der Waals surface area contributed by atoms with E-state index in [0.717, 1.165) is 47.4 Å². The molecule has 8 nitrogen and oxygen atoms in total. The van der Waals surface area contributed by atoms with Gasteiger partial charge in [-0.2, -0.15) is 0 Å². The molecule has 2 atom stereocenters. The molecule has 3 amide bonds. The van der Waals surface area contributed by atoms with Crippen LogP contribution in [-0.4, -0.2) is 52.8 Å². The predicted molar refractivity (Wildman–Crippen MR) is 148 cm³/mol. The van der Waals surface area contributed by atoms with Crippen LogP contribution in [0.3, 0.4) is 0 Å². The predicted octanol–water partition coefficient (Wildman–Crippen LogP) is 3.78. The lowest BCUT2D eigenvalue weighted by atomic mass is 9.85. The van der Waals surface area contributed by atoms with Crippen molar-refractivity contribution < 1.29 is 14.4 Å². The van der Waals surface area contributed by atoms with Crippen LogP contribution in [-0.2, 0) is 20.9 Å². The number of aryl methyl sites for hydroxylation is 1. The lowest BCUT2D eigenvalue weighted by molar-refractivity contribution is -0.143. The van der Waals surface area contributed by atoms with E-state index >= 15 is 0 Å². The molecule has 2 heterocycles. The van der Waals surface area contributed by atoms with E-state index in [-0.39, 0.29) is 17.7 Å². The summed E-state index contributed by atoms with van der Waals surface area (Å²) >= 11 is 1.61. The molecule has 4 N–H and O–H groups in total. The molecule has 1 aliphatic rings. The summed E-state index contributed by atoms with van der Waals surface area (Å²) in [6.07, 6.45) is 4.26. The second-order valence-electron chi connectivity index (χ2n) is 10.8. The number of nitrogens with zero attached hydrogens (tertiary/aromatic N) is 2. The first kappa shape index (κ1) is 28.8. The fourth-order valence-electron chi connectivity index (χ4n) is 4.62. The van der Waals surface area contributed by atoms with Crippen molar-refractivity contribution in [3.63, 3.8) is 0 Å². The van der Waals surface area contributed by atoms with Crippen molar-refractivity contribution in [1.29, 1.82) is 0 Å². The molecule has 1 unspecified atom stereocenters. The van der Waals surface area contributed by atoms with E-state index in [0.29, 0.717) is 32.5 Å². The third-order valence-electron chi connectivity index (χ3n) is 6.79. The minimum absolute atomic E-state index is 0.137.